The molecule has 0 aliphatic rings. The lowest BCUT2D eigenvalue weighted by Crippen LogP contribution is -2.22. The second-order valence-corrected chi connectivity index (χ2v) is 7.49. The number of nitrogens with zero attached hydrogens (tertiary/aromatic N) is 6. The first kappa shape index (κ1) is 22.1. The zero-order valence-corrected chi connectivity index (χ0v) is 17.6. The maximum absolute atomic E-state index is 13.1. The molecule has 0 atom stereocenters. The normalized spacial score (nSPS) is 11.4. The van der Waals surface area contributed by atoms with Crippen LogP contribution in [0.4, 0.5) is 18.9 Å². The van der Waals surface area contributed by atoms with E-state index in [1.807, 2.05) is 0 Å². The Balaban J connectivity index is 1.44. The number of amides is 1. The Labute approximate surface area is 187 Å². The summed E-state index contributed by atoms with van der Waals surface area (Å²) in [5, 5.41) is 12.2. The van der Waals surface area contributed by atoms with Crippen LogP contribution in [0.3, 0.4) is 0 Å². The van der Waals surface area contributed by atoms with Crippen molar-refractivity contribution in [2.75, 3.05) is 11.9 Å². The highest BCUT2D eigenvalue weighted by atomic mass is 32.1. The molecule has 33 heavy (non-hydrogen) atoms. The first-order valence-electron chi connectivity index (χ1n) is 9.18. The Morgan fingerprint density at radius 2 is 2.06 bits per heavy atom. The van der Waals surface area contributed by atoms with Crippen molar-refractivity contribution in [1.82, 2.24) is 29.5 Å². The Bertz CT molecular complexity index is 1300. The van der Waals surface area contributed by atoms with Gasteiger partial charge >= 0.3 is 12.1 Å². The van der Waals surface area contributed by atoms with Crippen LogP contribution < -0.4 is 5.32 Å². The van der Waals surface area contributed by atoms with Crippen LogP contribution in [0.15, 0.2) is 48.6 Å². The van der Waals surface area contributed by atoms with E-state index in [1.165, 1.54) is 34.1 Å². The van der Waals surface area contributed by atoms with E-state index in [0.29, 0.717) is 10.6 Å². The van der Waals surface area contributed by atoms with E-state index in [9.17, 15) is 22.8 Å². The number of aryl methyl sites for hydroxylation is 1. The smallest absolute Gasteiger partial charge is 0.416 e. The molecule has 0 saturated heterocycles. The number of aromatic nitrogens is 6. The number of hydrogen-bond donors (Lipinski definition) is 1. The summed E-state index contributed by atoms with van der Waals surface area (Å²) in [6.45, 7) is -0.731. The van der Waals surface area contributed by atoms with Crippen LogP contribution in [-0.2, 0) is 22.8 Å². The molecule has 0 bridgehead atoms. The first-order chi connectivity index (χ1) is 15.7. The molecule has 0 aliphatic heterocycles. The van der Waals surface area contributed by atoms with E-state index in [0.717, 1.165) is 18.2 Å². The highest BCUT2D eigenvalue weighted by Gasteiger charge is 2.31. The number of nitrogens with one attached hydrogen (secondary N) is 1. The molecule has 170 valence electrons. The molecule has 0 radical (unpaired) electrons. The second-order valence-electron chi connectivity index (χ2n) is 6.63. The van der Waals surface area contributed by atoms with Gasteiger partial charge in [-0.1, -0.05) is 0 Å². The number of thiazole rings is 1. The molecular formula is C19H14F3N7O3S. The molecule has 0 saturated carbocycles. The van der Waals surface area contributed by atoms with Gasteiger partial charge in [-0.2, -0.15) is 23.4 Å². The third kappa shape index (κ3) is 5.06. The number of carbonyl (C=O) groups excluding carboxylic acids is 2. The average molecular weight is 477 g/mol. The van der Waals surface area contributed by atoms with Crippen molar-refractivity contribution >= 4 is 28.9 Å². The number of benzene rings is 1. The van der Waals surface area contributed by atoms with Gasteiger partial charge in [-0.25, -0.2) is 19.4 Å². The monoisotopic (exact) mass is 477 g/mol. The molecule has 1 amide bonds. The molecule has 14 heteroatoms. The van der Waals surface area contributed by atoms with Gasteiger partial charge in [0, 0.05) is 24.2 Å². The molecule has 0 spiro atoms. The van der Waals surface area contributed by atoms with E-state index < -0.39 is 30.2 Å². The van der Waals surface area contributed by atoms with E-state index in [4.69, 9.17) is 4.74 Å². The molecule has 0 fully saturated rings. The predicted octanol–water partition coefficient (Wildman–Crippen LogP) is 2.94. The first-order valence-corrected chi connectivity index (χ1v) is 10.1. The third-order valence-corrected chi connectivity index (χ3v) is 5.15. The summed E-state index contributed by atoms with van der Waals surface area (Å²) in [5.74, 6) is -1.69. The van der Waals surface area contributed by atoms with Crippen molar-refractivity contribution < 1.29 is 27.5 Å². The van der Waals surface area contributed by atoms with Crippen molar-refractivity contribution in [3.8, 4) is 16.3 Å². The van der Waals surface area contributed by atoms with Crippen LogP contribution in [0, 0.1) is 0 Å². The van der Waals surface area contributed by atoms with Crippen LogP contribution in [0.2, 0.25) is 0 Å². The fraction of sp³-hybridized carbons (Fsp3) is 0.158. The minimum atomic E-state index is -4.62. The standard InChI is InChI=1S/C19H14F3N7O3S/c1-28-6-11(5-24-28)17-27-14(8-33-17)18(31)32-7-16(30)26-13-4-12(19(20,21)22)2-3-15(13)29-10-23-9-25-29/h2-6,8-10H,7H2,1H3,(H,26,30). The number of anilines is 1. The highest BCUT2D eigenvalue weighted by Crippen LogP contribution is 2.33. The third-order valence-electron chi connectivity index (χ3n) is 4.26. The van der Waals surface area contributed by atoms with E-state index in [-0.39, 0.29) is 17.1 Å². The molecule has 0 aliphatic carbocycles. The maximum atomic E-state index is 13.1. The maximum Gasteiger partial charge on any atom is 0.416 e. The van der Waals surface area contributed by atoms with E-state index in [1.54, 1.807) is 24.1 Å². The Morgan fingerprint density at radius 3 is 2.73 bits per heavy atom. The Morgan fingerprint density at radius 1 is 1.24 bits per heavy atom. The van der Waals surface area contributed by atoms with Gasteiger partial charge < -0.3 is 10.1 Å². The average Bonchev–Trinajstić information content (AvgIpc) is 3.52. The van der Waals surface area contributed by atoms with Crippen LogP contribution in [0.1, 0.15) is 16.1 Å². The minimum Gasteiger partial charge on any atom is -0.451 e. The van der Waals surface area contributed by atoms with Crippen molar-refractivity contribution in [3.05, 3.63) is 59.9 Å². The summed E-state index contributed by atoms with van der Waals surface area (Å²) in [6, 6.07) is 2.76. The van der Waals surface area contributed by atoms with Crippen molar-refractivity contribution in [3.63, 3.8) is 0 Å². The molecule has 1 aromatic carbocycles. The van der Waals surface area contributed by atoms with E-state index >= 15 is 0 Å². The fourth-order valence-electron chi connectivity index (χ4n) is 2.77. The fourth-order valence-corrected chi connectivity index (χ4v) is 3.53. The molecule has 0 unspecified atom stereocenters. The van der Waals surface area contributed by atoms with Gasteiger partial charge in [0.25, 0.3) is 5.91 Å². The predicted molar refractivity (Wildman–Crippen MR) is 110 cm³/mol. The molecular weight excluding hydrogens is 463 g/mol. The van der Waals surface area contributed by atoms with Crippen molar-refractivity contribution in [2.45, 2.75) is 6.18 Å². The van der Waals surface area contributed by atoms with Crippen molar-refractivity contribution in [2.24, 2.45) is 7.05 Å². The number of carbonyl (C=O) groups is 2. The lowest BCUT2D eigenvalue weighted by molar-refractivity contribution is -0.137. The van der Waals surface area contributed by atoms with Crippen LogP contribution in [0.25, 0.3) is 16.3 Å². The number of ether oxygens (including phenoxy) is 1. The summed E-state index contributed by atoms with van der Waals surface area (Å²) in [4.78, 5) is 32.5. The number of alkyl halides is 3. The molecule has 4 rings (SSSR count). The summed E-state index contributed by atoms with van der Waals surface area (Å²) in [5.41, 5.74) is -0.285. The number of hydrogen-bond acceptors (Lipinski definition) is 8. The number of rotatable bonds is 6. The van der Waals surface area contributed by atoms with Crippen LogP contribution in [0.5, 0.6) is 0 Å². The zero-order valence-electron chi connectivity index (χ0n) is 16.8. The van der Waals surface area contributed by atoms with Crippen molar-refractivity contribution in [1.29, 1.82) is 0 Å². The molecule has 3 aromatic heterocycles. The second kappa shape index (κ2) is 8.82. The van der Waals surface area contributed by atoms with Crippen LogP contribution in [-0.4, -0.2) is 48.0 Å². The summed E-state index contributed by atoms with van der Waals surface area (Å²) in [6.07, 6.45) is 1.15. The van der Waals surface area contributed by atoms with Gasteiger partial charge in [0.05, 0.1) is 23.1 Å². The molecule has 10 nitrogen and oxygen atoms in total. The van der Waals surface area contributed by atoms with E-state index in [2.05, 4.69) is 25.5 Å². The van der Waals surface area contributed by atoms with Gasteiger partial charge in [0.15, 0.2) is 12.3 Å². The molecule has 3 heterocycles. The van der Waals surface area contributed by atoms with Crippen LogP contribution >= 0.6 is 11.3 Å². The summed E-state index contributed by atoms with van der Waals surface area (Å²) in [7, 11) is 1.74. The zero-order chi connectivity index (χ0) is 23.6. The SMILES string of the molecule is Cn1cc(-c2nc(C(=O)OCC(=O)Nc3cc(C(F)(F)F)ccc3-n3cncn3)cs2)cn1. The summed E-state index contributed by atoms with van der Waals surface area (Å²) >= 11 is 1.20. The van der Waals surface area contributed by atoms with Gasteiger partial charge in [-0.3, -0.25) is 9.48 Å². The minimum absolute atomic E-state index is 0.00553. The topological polar surface area (TPSA) is 117 Å². The van der Waals surface area contributed by atoms with Gasteiger partial charge in [-0.05, 0) is 18.2 Å². The molecule has 1 N–H and O–H groups in total. The van der Waals surface area contributed by atoms with Gasteiger partial charge in [-0.15, -0.1) is 11.3 Å². The Kier molecular flexibility index (Phi) is 5.91. The number of halogens is 3. The summed E-state index contributed by atoms with van der Waals surface area (Å²) < 4.78 is 47.1. The Hall–Kier alpha value is -4.07. The molecule has 4 aromatic rings. The van der Waals surface area contributed by atoms with Gasteiger partial charge in [0.2, 0.25) is 0 Å². The highest BCUT2D eigenvalue weighted by molar-refractivity contribution is 7.13. The van der Waals surface area contributed by atoms with Gasteiger partial charge in [0.1, 0.15) is 17.7 Å². The largest absolute Gasteiger partial charge is 0.451 e. The number of esters is 1. The lowest BCUT2D eigenvalue weighted by atomic mass is 10.1. The quantitative estimate of drug-likeness (QED) is 0.425. The lowest BCUT2D eigenvalue weighted by Gasteiger charge is -2.14.